The van der Waals surface area contributed by atoms with E-state index < -0.39 is 0 Å². The zero-order valence-corrected chi connectivity index (χ0v) is 21.0. The molecule has 4 aromatic rings. The van der Waals surface area contributed by atoms with Crippen LogP contribution in [0.3, 0.4) is 0 Å². The molecule has 37 heavy (non-hydrogen) atoms. The van der Waals surface area contributed by atoms with E-state index in [-0.39, 0.29) is 17.7 Å². The molecule has 0 aromatic heterocycles. The van der Waals surface area contributed by atoms with Gasteiger partial charge in [-0.1, -0.05) is 78.4 Å². The Morgan fingerprint density at radius 2 is 1.22 bits per heavy atom. The number of rotatable bonds is 6. The number of amides is 2. The van der Waals surface area contributed by atoms with Crippen molar-refractivity contribution in [2.45, 2.75) is 12.8 Å². The van der Waals surface area contributed by atoms with Crippen LogP contribution in [0.1, 0.15) is 33.0 Å². The monoisotopic (exact) mass is 489 g/mol. The van der Waals surface area contributed by atoms with Crippen LogP contribution in [0.15, 0.2) is 109 Å². The summed E-state index contributed by atoms with van der Waals surface area (Å²) in [6, 6.07) is 35.4. The zero-order valence-electron chi connectivity index (χ0n) is 21.0. The van der Waals surface area contributed by atoms with E-state index in [1.54, 1.807) is 0 Å². The van der Waals surface area contributed by atoms with Crippen LogP contribution in [-0.2, 0) is 4.79 Å². The van der Waals surface area contributed by atoms with Crippen LogP contribution in [0, 0.1) is 6.92 Å². The lowest BCUT2D eigenvalue weighted by molar-refractivity contribution is -0.116. The van der Waals surface area contributed by atoms with E-state index in [9.17, 15) is 9.59 Å². The highest BCUT2D eigenvalue weighted by atomic mass is 16.2. The van der Waals surface area contributed by atoms with Gasteiger partial charge >= 0.3 is 0 Å². The number of piperazine rings is 1. The standard InChI is InChI=1S/C32H31N3O2/c1-24-12-14-27(15-13-24)32(37)35-22-20-34(21-23-35)29-18-16-28(17-19-29)33-31(36)30(25-8-4-2-5-9-25)26-10-6-3-7-11-26/h2-19,30H,20-23H2,1H3,(H,33,36). The molecule has 0 aliphatic carbocycles. The Kier molecular flexibility index (Phi) is 7.31. The van der Waals surface area contributed by atoms with Crippen LogP contribution in [0.25, 0.3) is 0 Å². The van der Waals surface area contributed by atoms with Gasteiger partial charge in [0.15, 0.2) is 0 Å². The molecular weight excluding hydrogens is 458 g/mol. The molecule has 186 valence electrons. The Bertz CT molecular complexity index is 1290. The molecule has 0 radical (unpaired) electrons. The van der Waals surface area contributed by atoms with Crippen molar-refractivity contribution in [1.82, 2.24) is 4.90 Å². The first-order chi connectivity index (χ1) is 18.1. The summed E-state index contributed by atoms with van der Waals surface area (Å²) in [6.45, 7) is 4.93. The average Bonchev–Trinajstić information content (AvgIpc) is 2.95. The highest BCUT2D eigenvalue weighted by Gasteiger charge is 2.24. The first-order valence-electron chi connectivity index (χ1n) is 12.7. The molecule has 1 aliphatic rings. The predicted octanol–water partition coefficient (Wildman–Crippen LogP) is 5.73. The third-order valence-corrected chi connectivity index (χ3v) is 6.89. The third-order valence-electron chi connectivity index (χ3n) is 6.89. The summed E-state index contributed by atoms with van der Waals surface area (Å²) in [6.07, 6.45) is 0. The minimum atomic E-state index is -0.388. The molecule has 1 fully saturated rings. The van der Waals surface area contributed by atoms with Gasteiger partial charge in [-0.15, -0.1) is 0 Å². The van der Waals surface area contributed by atoms with Gasteiger partial charge in [-0.2, -0.15) is 0 Å². The second-order valence-electron chi connectivity index (χ2n) is 9.44. The van der Waals surface area contributed by atoms with Gasteiger partial charge in [0.05, 0.1) is 5.92 Å². The quantitative estimate of drug-likeness (QED) is 0.376. The van der Waals surface area contributed by atoms with E-state index in [0.29, 0.717) is 13.1 Å². The number of aryl methyl sites for hydroxylation is 1. The Morgan fingerprint density at radius 1 is 0.676 bits per heavy atom. The molecule has 5 nitrogen and oxygen atoms in total. The molecule has 1 saturated heterocycles. The van der Waals surface area contributed by atoms with Crippen LogP contribution < -0.4 is 10.2 Å². The van der Waals surface area contributed by atoms with E-state index >= 15 is 0 Å². The number of carbonyl (C=O) groups is 2. The van der Waals surface area contributed by atoms with Crippen molar-refractivity contribution in [2.75, 3.05) is 36.4 Å². The number of hydrogen-bond acceptors (Lipinski definition) is 3. The maximum absolute atomic E-state index is 13.4. The van der Waals surface area contributed by atoms with Gasteiger partial charge in [-0.25, -0.2) is 0 Å². The topological polar surface area (TPSA) is 52.7 Å². The molecule has 0 unspecified atom stereocenters. The van der Waals surface area contributed by atoms with Gasteiger partial charge in [-0.3, -0.25) is 9.59 Å². The molecule has 0 saturated carbocycles. The van der Waals surface area contributed by atoms with Crippen LogP contribution in [0.2, 0.25) is 0 Å². The molecule has 5 rings (SSSR count). The maximum atomic E-state index is 13.4. The lowest BCUT2D eigenvalue weighted by Gasteiger charge is -2.36. The number of anilines is 2. The molecule has 0 bridgehead atoms. The number of nitrogens with one attached hydrogen (secondary N) is 1. The fourth-order valence-corrected chi connectivity index (χ4v) is 4.80. The van der Waals surface area contributed by atoms with Crippen LogP contribution in [0.5, 0.6) is 0 Å². The Labute approximate surface area is 218 Å². The summed E-state index contributed by atoms with van der Waals surface area (Å²) in [4.78, 5) is 30.4. The molecule has 1 N–H and O–H groups in total. The lowest BCUT2D eigenvalue weighted by atomic mass is 9.90. The fourth-order valence-electron chi connectivity index (χ4n) is 4.80. The van der Waals surface area contributed by atoms with Gasteiger partial charge in [0.2, 0.25) is 5.91 Å². The first-order valence-corrected chi connectivity index (χ1v) is 12.7. The normalized spacial score (nSPS) is 13.5. The number of benzene rings is 4. The highest BCUT2D eigenvalue weighted by Crippen LogP contribution is 2.27. The first kappa shape index (κ1) is 24.3. The van der Waals surface area contributed by atoms with Crippen molar-refractivity contribution in [2.24, 2.45) is 0 Å². The van der Waals surface area contributed by atoms with Gasteiger partial charge in [0.1, 0.15) is 0 Å². The highest BCUT2D eigenvalue weighted by molar-refractivity contribution is 5.98. The molecule has 0 spiro atoms. The zero-order chi connectivity index (χ0) is 25.6. The van der Waals surface area contributed by atoms with E-state index in [2.05, 4.69) is 10.2 Å². The summed E-state index contributed by atoms with van der Waals surface area (Å²) in [5, 5.41) is 3.10. The SMILES string of the molecule is Cc1ccc(C(=O)N2CCN(c3ccc(NC(=O)C(c4ccccc4)c4ccccc4)cc3)CC2)cc1. The van der Waals surface area contributed by atoms with E-state index in [1.165, 1.54) is 0 Å². The van der Waals surface area contributed by atoms with Crippen molar-refractivity contribution >= 4 is 23.2 Å². The van der Waals surface area contributed by atoms with Crippen molar-refractivity contribution in [3.05, 3.63) is 131 Å². The number of carbonyl (C=O) groups excluding carboxylic acids is 2. The summed E-state index contributed by atoms with van der Waals surface area (Å²) in [5.74, 6) is -0.362. The van der Waals surface area contributed by atoms with Crippen molar-refractivity contribution in [1.29, 1.82) is 0 Å². The smallest absolute Gasteiger partial charge is 0.253 e. The molecule has 1 aliphatic heterocycles. The molecule has 4 aromatic carbocycles. The Hall–Kier alpha value is -4.38. The van der Waals surface area contributed by atoms with Crippen molar-refractivity contribution < 1.29 is 9.59 Å². The average molecular weight is 490 g/mol. The Balaban J connectivity index is 1.22. The van der Waals surface area contributed by atoms with Gasteiger partial charge < -0.3 is 15.1 Å². The van der Waals surface area contributed by atoms with Gasteiger partial charge in [0, 0.05) is 43.1 Å². The second kappa shape index (κ2) is 11.1. The summed E-state index contributed by atoms with van der Waals surface area (Å²) in [5.41, 5.74) is 5.66. The molecule has 0 atom stereocenters. The summed E-state index contributed by atoms with van der Waals surface area (Å²) in [7, 11) is 0. The van der Waals surface area contributed by atoms with E-state index in [0.717, 1.165) is 46.7 Å². The molecule has 1 heterocycles. The fraction of sp³-hybridized carbons (Fsp3) is 0.188. The van der Waals surface area contributed by atoms with Gasteiger partial charge in [-0.05, 0) is 54.4 Å². The summed E-state index contributed by atoms with van der Waals surface area (Å²) < 4.78 is 0. The molecule has 2 amide bonds. The summed E-state index contributed by atoms with van der Waals surface area (Å²) >= 11 is 0. The van der Waals surface area contributed by atoms with Crippen molar-refractivity contribution in [3.63, 3.8) is 0 Å². The molecular formula is C32H31N3O2. The van der Waals surface area contributed by atoms with E-state index in [4.69, 9.17) is 0 Å². The minimum absolute atomic E-state index is 0.0617. The second-order valence-corrected chi connectivity index (χ2v) is 9.44. The number of hydrogen-bond donors (Lipinski definition) is 1. The lowest BCUT2D eigenvalue weighted by Crippen LogP contribution is -2.48. The van der Waals surface area contributed by atoms with E-state index in [1.807, 2.05) is 121 Å². The van der Waals surface area contributed by atoms with Crippen LogP contribution in [-0.4, -0.2) is 42.9 Å². The predicted molar refractivity (Wildman–Crippen MR) is 149 cm³/mol. The van der Waals surface area contributed by atoms with Gasteiger partial charge in [0.25, 0.3) is 5.91 Å². The third kappa shape index (κ3) is 5.72. The van der Waals surface area contributed by atoms with Crippen LogP contribution >= 0.6 is 0 Å². The maximum Gasteiger partial charge on any atom is 0.253 e. The number of nitrogens with zero attached hydrogens (tertiary/aromatic N) is 2. The van der Waals surface area contributed by atoms with Crippen LogP contribution in [0.4, 0.5) is 11.4 Å². The Morgan fingerprint density at radius 3 is 1.76 bits per heavy atom. The minimum Gasteiger partial charge on any atom is -0.368 e. The largest absolute Gasteiger partial charge is 0.368 e. The van der Waals surface area contributed by atoms with Crippen molar-refractivity contribution in [3.8, 4) is 0 Å². The molecule has 5 heteroatoms.